The molecule has 0 saturated heterocycles. The molecule has 0 atom stereocenters. The lowest BCUT2D eigenvalue weighted by Gasteiger charge is -2.05. The van der Waals surface area contributed by atoms with Gasteiger partial charge >= 0.3 is 0 Å². The Morgan fingerprint density at radius 2 is 1.76 bits per heavy atom. The highest BCUT2D eigenvalue weighted by Gasteiger charge is 2.16. The van der Waals surface area contributed by atoms with Gasteiger partial charge in [0.1, 0.15) is 4.21 Å². The second-order valence-electron chi connectivity index (χ2n) is 3.17. The third-order valence-electron chi connectivity index (χ3n) is 1.91. The molecule has 0 aliphatic carbocycles. The number of sulfonamides is 1. The summed E-state index contributed by atoms with van der Waals surface area (Å²) in [5, 5.41) is -0.527. The summed E-state index contributed by atoms with van der Waals surface area (Å²) in [6, 6.07) is 9.03. The molecule has 0 unspecified atom stereocenters. The van der Waals surface area contributed by atoms with E-state index in [0.717, 1.165) is 10.5 Å². The van der Waals surface area contributed by atoms with Gasteiger partial charge in [-0.3, -0.25) is 4.72 Å². The lowest BCUT2D eigenvalue weighted by atomic mass is 10.3. The fraction of sp³-hybridized carbons (Fsp3) is 0. The van der Waals surface area contributed by atoms with Crippen molar-refractivity contribution in [2.75, 3.05) is 4.72 Å². The summed E-state index contributed by atoms with van der Waals surface area (Å²) in [6.07, 6.45) is 0. The SMILES string of the molecule is O=S(=O)(Nc1ccc(Br)cc1)c1ccc(F)s1. The number of hydrogen-bond donors (Lipinski definition) is 1. The molecule has 0 fully saturated rings. The van der Waals surface area contributed by atoms with E-state index in [9.17, 15) is 12.8 Å². The Morgan fingerprint density at radius 3 is 2.29 bits per heavy atom. The number of hydrogen-bond acceptors (Lipinski definition) is 3. The van der Waals surface area contributed by atoms with Crippen molar-refractivity contribution in [1.29, 1.82) is 0 Å². The Balaban J connectivity index is 2.26. The van der Waals surface area contributed by atoms with E-state index in [1.54, 1.807) is 24.3 Å². The van der Waals surface area contributed by atoms with E-state index < -0.39 is 15.2 Å². The maximum absolute atomic E-state index is 12.8. The molecule has 2 aromatic rings. The summed E-state index contributed by atoms with van der Waals surface area (Å²) in [4.78, 5) is 0. The van der Waals surface area contributed by atoms with Crippen LogP contribution in [-0.2, 0) is 10.0 Å². The molecule has 7 heteroatoms. The van der Waals surface area contributed by atoms with Crippen LogP contribution in [0.1, 0.15) is 0 Å². The molecule has 1 aromatic carbocycles. The lowest BCUT2D eigenvalue weighted by Crippen LogP contribution is -2.11. The molecule has 1 aromatic heterocycles. The molecule has 90 valence electrons. The summed E-state index contributed by atoms with van der Waals surface area (Å²) in [5.41, 5.74) is 0.432. The zero-order valence-electron chi connectivity index (χ0n) is 8.35. The average molecular weight is 336 g/mol. The second kappa shape index (κ2) is 4.75. The zero-order valence-corrected chi connectivity index (χ0v) is 11.6. The molecule has 0 saturated carbocycles. The molecule has 0 bridgehead atoms. The van der Waals surface area contributed by atoms with Gasteiger partial charge in [-0.1, -0.05) is 27.3 Å². The van der Waals surface area contributed by atoms with Crippen molar-refractivity contribution in [3.8, 4) is 0 Å². The fourth-order valence-corrected chi connectivity index (χ4v) is 3.49. The van der Waals surface area contributed by atoms with Crippen LogP contribution in [0.4, 0.5) is 10.1 Å². The quantitative estimate of drug-likeness (QED) is 0.933. The molecular weight excluding hydrogens is 329 g/mol. The molecule has 0 aliphatic heterocycles. The summed E-state index contributed by atoms with van der Waals surface area (Å²) < 4.78 is 39.6. The van der Waals surface area contributed by atoms with Crippen molar-refractivity contribution < 1.29 is 12.8 Å². The van der Waals surface area contributed by atoms with Crippen LogP contribution < -0.4 is 4.72 Å². The third kappa shape index (κ3) is 3.05. The summed E-state index contributed by atoms with van der Waals surface area (Å²) >= 11 is 3.84. The third-order valence-corrected chi connectivity index (χ3v) is 5.19. The molecule has 0 amide bonds. The Kier molecular flexibility index (Phi) is 3.50. The smallest absolute Gasteiger partial charge is 0.271 e. The van der Waals surface area contributed by atoms with Gasteiger partial charge in [0.2, 0.25) is 0 Å². The minimum absolute atomic E-state index is 0.0436. The van der Waals surface area contributed by atoms with Crippen molar-refractivity contribution in [3.63, 3.8) is 0 Å². The average Bonchev–Trinajstić information content (AvgIpc) is 2.69. The number of benzene rings is 1. The summed E-state index contributed by atoms with van der Waals surface area (Å²) in [5.74, 6) is 0. The number of rotatable bonds is 3. The van der Waals surface area contributed by atoms with E-state index in [2.05, 4.69) is 20.7 Å². The van der Waals surface area contributed by atoms with Gasteiger partial charge in [0.05, 0.1) is 0 Å². The van der Waals surface area contributed by atoms with E-state index in [0.29, 0.717) is 17.0 Å². The molecule has 0 aliphatic rings. The van der Waals surface area contributed by atoms with Gasteiger partial charge < -0.3 is 0 Å². The van der Waals surface area contributed by atoms with Crippen LogP contribution in [0.15, 0.2) is 45.1 Å². The first-order valence-electron chi connectivity index (χ1n) is 4.51. The van der Waals surface area contributed by atoms with Crippen LogP contribution in [0.2, 0.25) is 0 Å². The number of thiophene rings is 1. The van der Waals surface area contributed by atoms with Gasteiger partial charge in [0.25, 0.3) is 10.0 Å². The van der Waals surface area contributed by atoms with Crippen LogP contribution in [-0.4, -0.2) is 8.42 Å². The van der Waals surface area contributed by atoms with Gasteiger partial charge in [-0.2, -0.15) is 4.39 Å². The Morgan fingerprint density at radius 1 is 1.12 bits per heavy atom. The van der Waals surface area contributed by atoms with Crippen molar-refractivity contribution in [2.24, 2.45) is 0 Å². The molecule has 1 N–H and O–H groups in total. The van der Waals surface area contributed by atoms with E-state index >= 15 is 0 Å². The van der Waals surface area contributed by atoms with Crippen molar-refractivity contribution >= 4 is 43.0 Å². The maximum atomic E-state index is 12.8. The van der Waals surface area contributed by atoms with Crippen LogP contribution in [0, 0.1) is 5.13 Å². The van der Waals surface area contributed by atoms with Crippen LogP contribution in [0.25, 0.3) is 0 Å². The molecule has 17 heavy (non-hydrogen) atoms. The van der Waals surface area contributed by atoms with Gasteiger partial charge in [0.15, 0.2) is 5.13 Å². The minimum atomic E-state index is -3.69. The van der Waals surface area contributed by atoms with Crippen molar-refractivity contribution in [3.05, 3.63) is 46.0 Å². The standard InChI is InChI=1S/C10H7BrFNO2S2/c11-7-1-3-8(4-2-7)13-17(14,15)10-6-5-9(12)16-10/h1-6,13H. The number of halogens is 2. The molecule has 0 radical (unpaired) electrons. The predicted molar refractivity (Wildman–Crippen MR) is 69.2 cm³/mol. The van der Waals surface area contributed by atoms with E-state index in [1.807, 2.05) is 0 Å². The van der Waals surface area contributed by atoms with Crippen LogP contribution >= 0.6 is 27.3 Å². The predicted octanol–water partition coefficient (Wildman–Crippen LogP) is 3.45. The zero-order chi connectivity index (χ0) is 12.5. The highest BCUT2D eigenvalue weighted by Crippen LogP contribution is 2.23. The second-order valence-corrected chi connectivity index (χ2v) is 7.03. The Labute approximate surface area is 110 Å². The molecule has 1 heterocycles. The normalized spacial score (nSPS) is 11.4. The van der Waals surface area contributed by atoms with E-state index in [4.69, 9.17) is 0 Å². The van der Waals surface area contributed by atoms with Crippen LogP contribution in [0.3, 0.4) is 0 Å². The first-order chi connectivity index (χ1) is 7.97. The number of anilines is 1. The van der Waals surface area contributed by atoms with E-state index in [-0.39, 0.29) is 4.21 Å². The molecule has 0 spiro atoms. The highest BCUT2D eigenvalue weighted by atomic mass is 79.9. The van der Waals surface area contributed by atoms with Crippen molar-refractivity contribution in [2.45, 2.75) is 4.21 Å². The van der Waals surface area contributed by atoms with E-state index in [1.165, 1.54) is 6.07 Å². The molecular formula is C10H7BrFNO2S2. The highest BCUT2D eigenvalue weighted by molar-refractivity contribution is 9.10. The maximum Gasteiger partial charge on any atom is 0.271 e. The Hall–Kier alpha value is -0.920. The van der Waals surface area contributed by atoms with Gasteiger partial charge in [-0.15, -0.1) is 0 Å². The first kappa shape index (κ1) is 12.5. The Bertz CT molecular complexity index is 622. The fourth-order valence-electron chi connectivity index (χ4n) is 1.17. The van der Waals surface area contributed by atoms with Gasteiger partial charge in [-0.25, -0.2) is 8.42 Å². The first-order valence-corrected chi connectivity index (χ1v) is 7.60. The lowest BCUT2D eigenvalue weighted by molar-refractivity contribution is 0.603. The molecule has 2 rings (SSSR count). The number of nitrogens with one attached hydrogen (secondary N) is 1. The van der Waals surface area contributed by atoms with Gasteiger partial charge in [0, 0.05) is 10.2 Å². The topological polar surface area (TPSA) is 46.2 Å². The van der Waals surface area contributed by atoms with Crippen molar-refractivity contribution in [1.82, 2.24) is 0 Å². The summed E-state index contributed by atoms with van der Waals surface area (Å²) in [6.45, 7) is 0. The van der Waals surface area contributed by atoms with Crippen LogP contribution in [0.5, 0.6) is 0 Å². The monoisotopic (exact) mass is 335 g/mol. The largest absolute Gasteiger partial charge is 0.279 e. The summed E-state index contributed by atoms with van der Waals surface area (Å²) in [7, 11) is -3.69. The molecule has 3 nitrogen and oxygen atoms in total. The minimum Gasteiger partial charge on any atom is -0.279 e. The van der Waals surface area contributed by atoms with Gasteiger partial charge in [-0.05, 0) is 36.4 Å².